The van der Waals surface area contributed by atoms with E-state index in [4.69, 9.17) is 18.9 Å². The predicted octanol–water partition coefficient (Wildman–Crippen LogP) is 2.11. The maximum atomic E-state index is 12.1. The molecule has 0 spiro atoms. The number of nitrogens with one attached hydrogen (secondary N) is 1. The van der Waals surface area contributed by atoms with E-state index in [1.54, 1.807) is 32.0 Å². The van der Waals surface area contributed by atoms with Gasteiger partial charge >= 0.3 is 11.9 Å². The van der Waals surface area contributed by atoms with E-state index < -0.39 is 23.9 Å². The average Bonchev–Trinajstić information content (AvgIpc) is 2.65. The molecule has 0 radical (unpaired) electrons. The Bertz CT molecular complexity index is 695. The van der Waals surface area contributed by atoms with Crippen molar-refractivity contribution in [2.75, 3.05) is 20.3 Å². The molecule has 0 aliphatic rings. The molecule has 1 N–H and O–H groups in total. The smallest absolute Gasteiger partial charge is 0.340 e. The van der Waals surface area contributed by atoms with Crippen LogP contribution in [0.15, 0.2) is 24.3 Å². The lowest BCUT2D eigenvalue weighted by atomic mass is 10.2. The Morgan fingerprint density at radius 1 is 1.04 bits per heavy atom. The Morgan fingerprint density at radius 2 is 1.64 bits per heavy atom. The third kappa shape index (κ3) is 7.30. The first-order valence-corrected chi connectivity index (χ1v) is 8.98. The van der Waals surface area contributed by atoms with Crippen molar-refractivity contribution < 1.29 is 33.3 Å². The van der Waals surface area contributed by atoms with Gasteiger partial charge in [-0.25, -0.2) is 9.59 Å². The molecule has 1 amide bonds. The van der Waals surface area contributed by atoms with Crippen LogP contribution >= 0.6 is 0 Å². The molecule has 0 bridgehead atoms. The van der Waals surface area contributed by atoms with Gasteiger partial charge in [0, 0.05) is 6.08 Å². The maximum Gasteiger partial charge on any atom is 0.340 e. The monoisotopic (exact) mass is 393 g/mol. The van der Waals surface area contributed by atoms with Gasteiger partial charge in [-0.3, -0.25) is 4.79 Å². The summed E-state index contributed by atoms with van der Waals surface area (Å²) in [5, 5.41) is 2.29. The highest BCUT2D eigenvalue weighted by Crippen LogP contribution is 2.29. The minimum absolute atomic E-state index is 0.0104. The van der Waals surface area contributed by atoms with Gasteiger partial charge in [0.1, 0.15) is 0 Å². The van der Waals surface area contributed by atoms with Crippen LogP contribution in [0.3, 0.4) is 0 Å². The molecule has 0 atom stereocenters. The summed E-state index contributed by atoms with van der Waals surface area (Å²) in [6, 6.07) is 3.66. The number of amides is 1. The molecule has 0 heterocycles. The molecule has 1 aromatic carbocycles. The van der Waals surface area contributed by atoms with Gasteiger partial charge in [0.15, 0.2) is 11.5 Å². The first-order chi connectivity index (χ1) is 13.3. The van der Waals surface area contributed by atoms with Crippen LogP contribution in [-0.2, 0) is 23.9 Å². The molecule has 0 saturated heterocycles. The topological polar surface area (TPSA) is 100 Å². The highest BCUT2D eigenvalue weighted by molar-refractivity contribution is 6.04. The van der Waals surface area contributed by atoms with Crippen molar-refractivity contribution in [3.05, 3.63) is 29.8 Å². The number of hydrogen-bond donors (Lipinski definition) is 1. The fourth-order valence-corrected chi connectivity index (χ4v) is 2.17. The van der Waals surface area contributed by atoms with Gasteiger partial charge in [-0.1, -0.05) is 6.07 Å². The van der Waals surface area contributed by atoms with Gasteiger partial charge < -0.3 is 24.3 Å². The molecule has 8 nitrogen and oxygen atoms in total. The van der Waals surface area contributed by atoms with Crippen LogP contribution in [0.4, 0.5) is 0 Å². The van der Waals surface area contributed by atoms with Crippen molar-refractivity contribution in [3.63, 3.8) is 0 Å². The van der Waals surface area contributed by atoms with Crippen LogP contribution in [0.1, 0.15) is 33.3 Å². The lowest BCUT2D eigenvalue weighted by Gasteiger charge is -2.15. The molecule has 0 aromatic heterocycles. The summed E-state index contributed by atoms with van der Waals surface area (Å²) in [5.74, 6) is -1.29. The summed E-state index contributed by atoms with van der Waals surface area (Å²) >= 11 is 0. The molecular formula is C20H27NO7. The van der Waals surface area contributed by atoms with Gasteiger partial charge in [-0.05, 0) is 51.5 Å². The van der Waals surface area contributed by atoms with Crippen LogP contribution in [-0.4, -0.2) is 50.3 Å². The van der Waals surface area contributed by atoms with Crippen molar-refractivity contribution in [3.8, 4) is 11.5 Å². The first kappa shape index (κ1) is 23.0. The average molecular weight is 393 g/mol. The fraction of sp³-hybridized carbons (Fsp3) is 0.450. The van der Waals surface area contributed by atoms with Crippen molar-refractivity contribution >= 4 is 23.9 Å². The molecule has 0 saturated carbocycles. The molecule has 28 heavy (non-hydrogen) atoms. The third-order valence-corrected chi connectivity index (χ3v) is 3.31. The molecule has 1 aromatic rings. The SMILES string of the molecule is CCOC(=O)C(NC(=O)C=Cc1ccc(OC(C)C)c(OC)c1)C(=O)OCC. The van der Waals surface area contributed by atoms with Crippen LogP contribution in [0, 0.1) is 0 Å². The summed E-state index contributed by atoms with van der Waals surface area (Å²) in [7, 11) is 1.52. The zero-order valence-electron chi connectivity index (χ0n) is 16.8. The predicted molar refractivity (Wildman–Crippen MR) is 103 cm³/mol. The standard InChI is InChI=1S/C20H27NO7/c1-6-26-19(23)18(20(24)27-7-2)21-17(22)11-9-14-8-10-15(28-13(3)4)16(12-14)25-5/h8-13,18H,6-7H2,1-5H3,(H,21,22). The van der Waals surface area contributed by atoms with Crippen LogP contribution in [0.5, 0.6) is 11.5 Å². The number of ether oxygens (including phenoxy) is 4. The molecule has 154 valence electrons. The summed E-state index contributed by atoms with van der Waals surface area (Å²) in [4.78, 5) is 35.9. The van der Waals surface area contributed by atoms with Crippen molar-refractivity contribution in [2.24, 2.45) is 0 Å². The second kappa shape index (κ2) is 11.6. The number of carbonyl (C=O) groups excluding carboxylic acids is 3. The Balaban J connectivity index is 2.87. The molecule has 0 aliphatic heterocycles. The highest BCUT2D eigenvalue weighted by atomic mass is 16.6. The second-order valence-corrected chi connectivity index (χ2v) is 5.86. The Kier molecular flexibility index (Phi) is 9.56. The first-order valence-electron chi connectivity index (χ1n) is 8.98. The lowest BCUT2D eigenvalue weighted by Crippen LogP contribution is -2.47. The van der Waals surface area contributed by atoms with Gasteiger partial charge in [-0.15, -0.1) is 0 Å². The van der Waals surface area contributed by atoms with Crippen LogP contribution in [0.25, 0.3) is 6.08 Å². The number of methoxy groups -OCH3 is 1. The van der Waals surface area contributed by atoms with E-state index in [2.05, 4.69) is 5.32 Å². The number of rotatable bonds is 10. The van der Waals surface area contributed by atoms with Gasteiger partial charge in [0.05, 0.1) is 26.4 Å². The summed E-state index contributed by atoms with van der Waals surface area (Å²) in [6.45, 7) is 7.15. The van der Waals surface area contributed by atoms with E-state index in [0.29, 0.717) is 17.1 Å². The number of carbonyl (C=O) groups is 3. The molecule has 1 rings (SSSR count). The Labute approximate surface area is 164 Å². The second-order valence-electron chi connectivity index (χ2n) is 5.86. The Hall–Kier alpha value is -3.03. The van der Waals surface area contributed by atoms with Crippen molar-refractivity contribution in [1.82, 2.24) is 5.32 Å². The number of hydrogen-bond acceptors (Lipinski definition) is 7. The Morgan fingerprint density at radius 3 is 2.14 bits per heavy atom. The number of benzene rings is 1. The fourth-order valence-electron chi connectivity index (χ4n) is 2.17. The van der Waals surface area contributed by atoms with Crippen LogP contribution < -0.4 is 14.8 Å². The highest BCUT2D eigenvalue weighted by Gasteiger charge is 2.30. The van der Waals surface area contributed by atoms with E-state index in [1.807, 2.05) is 13.8 Å². The zero-order chi connectivity index (χ0) is 21.1. The van der Waals surface area contributed by atoms with E-state index in [1.165, 1.54) is 19.3 Å². The largest absolute Gasteiger partial charge is 0.493 e. The maximum absolute atomic E-state index is 12.1. The minimum atomic E-state index is -1.52. The van der Waals surface area contributed by atoms with Crippen molar-refractivity contribution in [2.45, 2.75) is 39.8 Å². The molecule has 0 fully saturated rings. The van der Waals surface area contributed by atoms with Crippen molar-refractivity contribution in [1.29, 1.82) is 0 Å². The molecular weight excluding hydrogens is 366 g/mol. The van der Waals surface area contributed by atoms with Gasteiger partial charge in [0.25, 0.3) is 0 Å². The summed E-state index contributed by atoms with van der Waals surface area (Å²) < 4.78 is 20.5. The quantitative estimate of drug-likeness (QED) is 0.369. The van der Waals surface area contributed by atoms with E-state index in [-0.39, 0.29) is 19.3 Å². The van der Waals surface area contributed by atoms with Gasteiger partial charge in [0.2, 0.25) is 11.9 Å². The van der Waals surface area contributed by atoms with E-state index in [0.717, 1.165) is 0 Å². The third-order valence-electron chi connectivity index (χ3n) is 3.31. The number of esters is 2. The summed E-state index contributed by atoms with van der Waals surface area (Å²) in [6.07, 6.45) is 2.71. The molecule has 8 heteroatoms. The molecule has 0 unspecified atom stereocenters. The normalized spacial score (nSPS) is 10.8. The minimum Gasteiger partial charge on any atom is -0.493 e. The van der Waals surface area contributed by atoms with E-state index in [9.17, 15) is 14.4 Å². The lowest BCUT2D eigenvalue weighted by molar-refractivity contribution is -0.159. The van der Waals surface area contributed by atoms with E-state index >= 15 is 0 Å². The summed E-state index contributed by atoms with van der Waals surface area (Å²) in [5.41, 5.74) is 0.673. The van der Waals surface area contributed by atoms with Crippen LogP contribution in [0.2, 0.25) is 0 Å². The van der Waals surface area contributed by atoms with Gasteiger partial charge in [-0.2, -0.15) is 0 Å². The molecule has 0 aliphatic carbocycles. The zero-order valence-corrected chi connectivity index (χ0v) is 16.8.